The Bertz CT molecular complexity index is 461. The van der Waals surface area contributed by atoms with E-state index in [9.17, 15) is 21.1 Å². The zero-order valence-electron chi connectivity index (χ0n) is 6.95. The van der Waals surface area contributed by atoms with Crippen LogP contribution >= 0.6 is 15.9 Å². The molecule has 0 bridgehead atoms. The van der Waals surface area contributed by atoms with E-state index < -0.39 is 27.5 Å². The van der Waals surface area contributed by atoms with Crippen molar-refractivity contribution >= 4 is 26.2 Å². The molecular weight excluding hydrogens is 301 g/mol. The molecule has 84 valence electrons. The Morgan fingerprint density at radius 1 is 1.27 bits per heavy atom. The van der Waals surface area contributed by atoms with Crippen LogP contribution < -0.4 is 4.74 Å². The molecule has 0 N–H and O–H groups in total. The Balaban J connectivity index is 3.17. The summed E-state index contributed by atoms with van der Waals surface area (Å²) in [5, 5.41) is 0. The van der Waals surface area contributed by atoms with Gasteiger partial charge in [0.1, 0.15) is 10.6 Å². The van der Waals surface area contributed by atoms with Crippen molar-refractivity contribution in [2.24, 2.45) is 0 Å². The van der Waals surface area contributed by atoms with Crippen molar-refractivity contribution in [2.75, 3.05) is 0 Å². The molecule has 0 saturated heterocycles. The van der Waals surface area contributed by atoms with Crippen LogP contribution in [-0.4, -0.2) is 15.0 Å². The molecule has 0 saturated carbocycles. The van der Waals surface area contributed by atoms with Gasteiger partial charge in [0.25, 0.3) is 0 Å². The van der Waals surface area contributed by atoms with Crippen LogP contribution in [0.5, 0.6) is 5.75 Å². The highest BCUT2D eigenvalue weighted by molar-refractivity contribution is 9.10. The van der Waals surface area contributed by atoms with Gasteiger partial charge >= 0.3 is 16.8 Å². The molecule has 0 spiro atoms. The molecule has 0 radical (unpaired) electrons. The van der Waals surface area contributed by atoms with Crippen molar-refractivity contribution in [3.63, 3.8) is 0 Å². The van der Waals surface area contributed by atoms with Crippen LogP contribution in [0.1, 0.15) is 0 Å². The van der Waals surface area contributed by atoms with Crippen LogP contribution in [0.15, 0.2) is 27.6 Å². The minimum Gasteiger partial charge on any atom is -0.435 e. The van der Waals surface area contributed by atoms with Gasteiger partial charge in [-0.25, -0.2) is 0 Å². The molecule has 1 aromatic carbocycles. The second kappa shape index (κ2) is 4.40. The van der Waals surface area contributed by atoms with Gasteiger partial charge in [-0.15, -0.1) is 3.89 Å². The summed E-state index contributed by atoms with van der Waals surface area (Å²) >= 11 is 2.84. The van der Waals surface area contributed by atoms with Crippen LogP contribution in [-0.2, 0) is 10.2 Å². The molecule has 0 aliphatic carbocycles. The van der Waals surface area contributed by atoms with Gasteiger partial charge in [-0.3, -0.25) is 0 Å². The van der Waals surface area contributed by atoms with E-state index in [2.05, 4.69) is 20.7 Å². The fraction of sp³-hybridized carbons (Fsp3) is 0.143. The van der Waals surface area contributed by atoms with Gasteiger partial charge < -0.3 is 4.74 Å². The molecule has 15 heavy (non-hydrogen) atoms. The fourth-order valence-corrected chi connectivity index (χ4v) is 2.00. The third-order valence-corrected chi connectivity index (χ3v) is 2.61. The van der Waals surface area contributed by atoms with E-state index in [1.165, 1.54) is 0 Å². The maximum absolute atomic E-state index is 12.5. The number of benzene rings is 1. The average molecular weight is 305 g/mol. The van der Waals surface area contributed by atoms with Crippen LogP contribution in [0.25, 0.3) is 0 Å². The first kappa shape index (κ1) is 12.3. The Labute approximate surface area is 92.2 Å². The van der Waals surface area contributed by atoms with Gasteiger partial charge in [-0.1, -0.05) is 15.9 Å². The highest BCUT2D eigenvalue weighted by atomic mass is 79.9. The molecule has 0 atom stereocenters. The third-order valence-electron chi connectivity index (χ3n) is 1.35. The highest BCUT2D eigenvalue weighted by Crippen LogP contribution is 2.26. The summed E-state index contributed by atoms with van der Waals surface area (Å²) in [6, 6.07) is 2.71. The van der Waals surface area contributed by atoms with Gasteiger partial charge in [0, 0.05) is 10.5 Å². The summed E-state index contributed by atoms with van der Waals surface area (Å²) in [5.74, 6) is -0.435. The van der Waals surface area contributed by atoms with Gasteiger partial charge in [-0.2, -0.15) is 17.2 Å². The minimum atomic E-state index is -4.94. The van der Waals surface area contributed by atoms with E-state index in [4.69, 9.17) is 0 Å². The predicted molar refractivity (Wildman–Crippen MR) is 49.1 cm³/mol. The normalized spacial score (nSPS) is 11.8. The van der Waals surface area contributed by atoms with Crippen molar-refractivity contribution in [1.29, 1.82) is 0 Å². The fourth-order valence-electron chi connectivity index (χ4n) is 0.849. The Kier molecular flexibility index (Phi) is 3.61. The molecule has 0 unspecified atom stereocenters. The van der Waals surface area contributed by atoms with E-state index in [0.717, 1.165) is 12.1 Å². The second-order valence-corrected chi connectivity index (χ2v) is 4.70. The molecule has 0 aliphatic heterocycles. The SMILES string of the molecule is O=S(=O)(F)c1cc(Br)cc(OC(F)F)c1. The zero-order chi connectivity index (χ0) is 11.6. The number of hydrogen-bond donors (Lipinski definition) is 0. The summed E-state index contributed by atoms with van der Waals surface area (Å²) in [7, 11) is -4.94. The molecule has 1 rings (SSSR count). The average Bonchev–Trinajstić information content (AvgIpc) is 1.99. The summed E-state index contributed by atoms with van der Waals surface area (Å²) in [4.78, 5) is -0.743. The molecule has 1 aromatic rings. The van der Waals surface area contributed by atoms with Crippen molar-refractivity contribution in [2.45, 2.75) is 11.5 Å². The van der Waals surface area contributed by atoms with Gasteiger partial charge in [0.2, 0.25) is 0 Å². The lowest BCUT2D eigenvalue weighted by atomic mass is 10.3. The molecule has 0 fully saturated rings. The van der Waals surface area contributed by atoms with E-state index in [-0.39, 0.29) is 4.47 Å². The molecule has 0 aromatic heterocycles. The van der Waals surface area contributed by atoms with Gasteiger partial charge in [0.05, 0.1) is 0 Å². The number of rotatable bonds is 3. The highest BCUT2D eigenvalue weighted by Gasteiger charge is 2.15. The zero-order valence-corrected chi connectivity index (χ0v) is 9.36. The minimum absolute atomic E-state index is 0.122. The van der Waals surface area contributed by atoms with Crippen LogP contribution in [0.4, 0.5) is 12.7 Å². The molecule has 0 amide bonds. The summed E-state index contributed by atoms with van der Waals surface area (Å²) in [5.41, 5.74) is 0. The lowest BCUT2D eigenvalue weighted by molar-refractivity contribution is -0.0500. The molecule has 3 nitrogen and oxygen atoms in total. The third kappa shape index (κ3) is 3.71. The van der Waals surface area contributed by atoms with Crippen molar-refractivity contribution in [1.82, 2.24) is 0 Å². The first-order valence-electron chi connectivity index (χ1n) is 3.49. The first-order valence-corrected chi connectivity index (χ1v) is 5.67. The second-order valence-electron chi connectivity index (χ2n) is 2.44. The van der Waals surface area contributed by atoms with E-state index in [1.807, 2.05) is 0 Å². The predicted octanol–water partition coefficient (Wildman–Crippen LogP) is 2.71. The maximum atomic E-state index is 12.5. The standard InChI is InChI=1S/C7H4BrF3O3S/c8-4-1-5(14-7(9)10)3-6(2-4)15(11,12)13/h1-3,7H. The molecule has 0 heterocycles. The number of halogens is 4. The quantitative estimate of drug-likeness (QED) is 0.807. The molecular formula is C7H4BrF3O3S. The summed E-state index contributed by atoms with van der Waals surface area (Å²) in [6.45, 7) is -3.10. The first-order chi connectivity index (χ1) is 6.79. The van der Waals surface area contributed by atoms with Crippen molar-refractivity contribution < 1.29 is 25.8 Å². The topological polar surface area (TPSA) is 43.4 Å². The van der Waals surface area contributed by atoms with Crippen LogP contribution in [0.3, 0.4) is 0 Å². The summed E-state index contributed by atoms with van der Waals surface area (Å²) in [6.07, 6.45) is 0. The van der Waals surface area contributed by atoms with Crippen LogP contribution in [0, 0.1) is 0 Å². The summed E-state index contributed by atoms with van der Waals surface area (Å²) < 4.78 is 61.2. The number of hydrogen-bond acceptors (Lipinski definition) is 3. The maximum Gasteiger partial charge on any atom is 0.387 e. The van der Waals surface area contributed by atoms with E-state index >= 15 is 0 Å². The molecule has 0 aliphatic rings. The van der Waals surface area contributed by atoms with Crippen molar-refractivity contribution in [3.05, 3.63) is 22.7 Å². The van der Waals surface area contributed by atoms with Crippen molar-refractivity contribution in [3.8, 4) is 5.75 Å². The lowest BCUT2D eigenvalue weighted by Gasteiger charge is -2.05. The number of ether oxygens (including phenoxy) is 1. The van der Waals surface area contributed by atoms with Gasteiger partial charge in [-0.05, 0) is 12.1 Å². The lowest BCUT2D eigenvalue weighted by Crippen LogP contribution is -2.03. The Morgan fingerprint density at radius 3 is 2.33 bits per heavy atom. The van der Waals surface area contributed by atoms with Crippen LogP contribution in [0.2, 0.25) is 0 Å². The van der Waals surface area contributed by atoms with E-state index in [0.29, 0.717) is 6.07 Å². The smallest absolute Gasteiger partial charge is 0.387 e. The van der Waals surface area contributed by atoms with Gasteiger partial charge in [0.15, 0.2) is 0 Å². The Hall–Kier alpha value is -0.760. The largest absolute Gasteiger partial charge is 0.435 e. The monoisotopic (exact) mass is 304 g/mol. The molecule has 8 heteroatoms. The van der Waals surface area contributed by atoms with E-state index in [1.54, 1.807) is 0 Å². The number of alkyl halides is 2. The Morgan fingerprint density at radius 2 is 1.87 bits per heavy atom.